The molecule has 0 aromatic heterocycles. The van der Waals surface area contributed by atoms with Gasteiger partial charge in [0.25, 0.3) is 0 Å². The van der Waals surface area contributed by atoms with Crippen LogP contribution in [0.15, 0.2) is 42.5 Å². The number of methoxy groups -OCH3 is 1. The smallest absolute Gasteiger partial charge is 0.305 e. The first-order chi connectivity index (χ1) is 8.83. The summed E-state index contributed by atoms with van der Waals surface area (Å²) in [6.45, 7) is 0. The molecule has 0 spiro atoms. The monoisotopic (exact) mass is 262 g/mol. The minimum absolute atomic E-state index is 0.127. The highest BCUT2D eigenvalue weighted by molar-refractivity contribution is 7.47. The zero-order chi connectivity index (χ0) is 13.1. The van der Waals surface area contributed by atoms with Crippen LogP contribution in [0.2, 0.25) is 0 Å². The Morgan fingerprint density at radius 3 is 2.78 bits per heavy atom. The standard InChI is InChI=1S/C15H19O2P/c1-17-15(16)12-8-3-2-4-9-13-18-14-10-6-5-7-11-14/h2,4-7,10-11,13H,3,8-9,12H2,1H3/b4-2-. The van der Waals surface area contributed by atoms with Gasteiger partial charge in [0.05, 0.1) is 7.11 Å². The third-order valence-corrected chi connectivity index (χ3v) is 3.37. The Morgan fingerprint density at radius 1 is 1.28 bits per heavy atom. The summed E-state index contributed by atoms with van der Waals surface area (Å²) in [6, 6.07) is 10.4. The van der Waals surface area contributed by atoms with Crippen LogP contribution >= 0.6 is 8.20 Å². The van der Waals surface area contributed by atoms with Gasteiger partial charge in [-0.25, -0.2) is 0 Å². The van der Waals surface area contributed by atoms with Gasteiger partial charge in [-0.2, -0.15) is 0 Å². The number of hydrogen-bond acceptors (Lipinski definition) is 2. The van der Waals surface area contributed by atoms with Crippen LogP contribution in [0.4, 0.5) is 0 Å². The van der Waals surface area contributed by atoms with E-state index in [0.717, 1.165) is 19.3 Å². The SMILES string of the molecule is COC(=O)CCC/C=C\CC=Pc1ccccc1. The molecule has 0 unspecified atom stereocenters. The Balaban J connectivity index is 2.10. The van der Waals surface area contributed by atoms with E-state index in [1.54, 1.807) is 0 Å². The largest absolute Gasteiger partial charge is 0.469 e. The predicted octanol–water partition coefficient (Wildman–Crippen LogP) is 3.35. The number of hydrogen-bond donors (Lipinski definition) is 0. The fraction of sp³-hybridized carbons (Fsp3) is 0.333. The van der Waals surface area contributed by atoms with E-state index in [1.165, 1.54) is 20.6 Å². The highest BCUT2D eigenvalue weighted by Gasteiger charge is 1.96. The van der Waals surface area contributed by atoms with E-state index in [2.05, 4.69) is 47.0 Å². The molecule has 0 atom stereocenters. The molecule has 0 saturated carbocycles. The number of ether oxygens (including phenoxy) is 1. The van der Waals surface area contributed by atoms with Crippen LogP contribution < -0.4 is 5.30 Å². The second-order valence-corrected chi connectivity index (χ2v) is 4.96. The first-order valence-corrected chi connectivity index (χ1v) is 7.08. The summed E-state index contributed by atoms with van der Waals surface area (Å²) >= 11 is 0. The van der Waals surface area contributed by atoms with Gasteiger partial charge in [0.2, 0.25) is 0 Å². The Labute approximate surface area is 110 Å². The number of benzene rings is 1. The average Bonchev–Trinajstić information content (AvgIpc) is 2.42. The van der Waals surface area contributed by atoms with Crippen LogP contribution in [0.5, 0.6) is 0 Å². The normalized spacial score (nSPS) is 11.2. The molecule has 0 aliphatic carbocycles. The van der Waals surface area contributed by atoms with Gasteiger partial charge in [-0.3, -0.25) is 4.79 Å². The summed E-state index contributed by atoms with van der Waals surface area (Å²) in [5, 5.41) is 1.32. The van der Waals surface area contributed by atoms with E-state index in [9.17, 15) is 4.79 Å². The van der Waals surface area contributed by atoms with Gasteiger partial charge in [0.1, 0.15) is 0 Å². The maximum atomic E-state index is 10.9. The molecule has 1 aromatic carbocycles. The Kier molecular flexibility index (Phi) is 7.83. The summed E-state index contributed by atoms with van der Waals surface area (Å²) in [5.41, 5.74) is 0. The zero-order valence-corrected chi connectivity index (χ0v) is 11.6. The lowest BCUT2D eigenvalue weighted by Crippen LogP contribution is -1.98. The van der Waals surface area contributed by atoms with Gasteiger partial charge in [-0.15, -0.1) is 0 Å². The molecular formula is C15H19O2P. The van der Waals surface area contributed by atoms with Crippen molar-refractivity contribution >= 4 is 25.3 Å². The van der Waals surface area contributed by atoms with Crippen LogP contribution in [-0.4, -0.2) is 18.9 Å². The van der Waals surface area contributed by atoms with Gasteiger partial charge in [0, 0.05) is 11.7 Å². The molecule has 0 fully saturated rings. The van der Waals surface area contributed by atoms with E-state index in [1.807, 2.05) is 6.07 Å². The third kappa shape index (κ3) is 7.03. The van der Waals surface area contributed by atoms with Crippen molar-refractivity contribution in [1.82, 2.24) is 0 Å². The minimum Gasteiger partial charge on any atom is -0.469 e. The fourth-order valence-electron chi connectivity index (χ4n) is 1.41. The van der Waals surface area contributed by atoms with E-state index in [-0.39, 0.29) is 5.97 Å². The molecule has 96 valence electrons. The number of unbranched alkanes of at least 4 members (excludes halogenated alkanes) is 1. The molecule has 0 amide bonds. The van der Waals surface area contributed by atoms with Crippen LogP contribution in [0.25, 0.3) is 0 Å². The quantitative estimate of drug-likeness (QED) is 0.326. The van der Waals surface area contributed by atoms with Gasteiger partial charge < -0.3 is 4.74 Å². The maximum Gasteiger partial charge on any atom is 0.305 e. The average molecular weight is 262 g/mol. The van der Waals surface area contributed by atoms with E-state index in [4.69, 9.17) is 0 Å². The van der Waals surface area contributed by atoms with Gasteiger partial charge >= 0.3 is 5.97 Å². The van der Waals surface area contributed by atoms with Crippen LogP contribution in [-0.2, 0) is 9.53 Å². The Morgan fingerprint density at radius 2 is 2.06 bits per heavy atom. The summed E-state index contributed by atoms with van der Waals surface area (Å²) < 4.78 is 4.57. The zero-order valence-electron chi connectivity index (χ0n) is 10.7. The number of allylic oxidation sites excluding steroid dienone is 2. The van der Waals surface area contributed by atoms with Gasteiger partial charge in [-0.1, -0.05) is 56.5 Å². The lowest BCUT2D eigenvalue weighted by atomic mass is 10.2. The molecule has 0 heterocycles. The number of esters is 1. The van der Waals surface area contributed by atoms with Gasteiger partial charge in [0.15, 0.2) is 0 Å². The molecule has 1 rings (SSSR count). The second-order valence-electron chi connectivity index (χ2n) is 3.82. The van der Waals surface area contributed by atoms with E-state index in [0.29, 0.717) is 6.42 Å². The summed E-state index contributed by atoms with van der Waals surface area (Å²) in [5.74, 6) is 2.10. The molecule has 0 saturated heterocycles. The van der Waals surface area contributed by atoms with Crippen molar-refractivity contribution in [1.29, 1.82) is 0 Å². The molecule has 0 radical (unpaired) electrons. The van der Waals surface area contributed by atoms with E-state index < -0.39 is 0 Å². The molecule has 1 aromatic rings. The lowest BCUT2D eigenvalue weighted by molar-refractivity contribution is -0.140. The second kappa shape index (κ2) is 9.61. The van der Waals surface area contributed by atoms with Crippen molar-refractivity contribution in [2.24, 2.45) is 0 Å². The fourth-order valence-corrected chi connectivity index (χ4v) is 2.20. The molecule has 0 N–H and O–H groups in total. The molecule has 18 heavy (non-hydrogen) atoms. The first kappa shape index (κ1) is 14.7. The van der Waals surface area contributed by atoms with Crippen LogP contribution in [0.1, 0.15) is 25.7 Å². The lowest BCUT2D eigenvalue weighted by Gasteiger charge is -1.95. The summed E-state index contributed by atoms with van der Waals surface area (Å²) in [6.07, 6.45) is 7.54. The number of rotatable bonds is 7. The van der Waals surface area contributed by atoms with Crippen molar-refractivity contribution < 1.29 is 9.53 Å². The Bertz CT molecular complexity index is 396. The minimum atomic E-state index is -0.127. The van der Waals surface area contributed by atoms with Gasteiger partial charge in [-0.05, 0) is 19.3 Å². The molecule has 2 nitrogen and oxygen atoms in total. The summed E-state index contributed by atoms with van der Waals surface area (Å²) in [4.78, 5) is 10.9. The van der Waals surface area contributed by atoms with Crippen LogP contribution in [0, 0.1) is 0 Å². The van der Waals surface area contributed by atoms with Crippen molar-refractivity contribution in [2.45, 2.75) is 25.7 Å². The Hall–Kier alpha value is -1.40. The van der Waals surface area contributed by atoms with Crippen molar-refractivity contribution in [2.75, 3.05) is 7.11 Å². The molecule has 3 heteroatoms. The van der Waals surface area contributed by atoms with E-state index >= 15 is 0 Å². The predicted molar refractivity (Wildman–Crippen MR) is 78.7 cm³/mol. The first-order valence-electron chi connectivity index (χ1n) is 6.12. The molecule has 0 aliphatic heterocycles. The topological polar surface area (TPSA) is 26.3 Å². The highest BCUT2D eigenvalue weighted by atomic mass is 31.1. The van der Waals surface area contributed by atoms with Crippen molar-refractivity contribution in [3.63, 3.8) is 0 Å². The maximum absolute atomic E-state index is 10.9. The number of carbonyl (C=O) groups excluding carboxylic acids is 1. The summed E-state index contributed by atoms with van der Waals surface area (Å²) in [7, 11) is 2.68. The molecule has 0 aliphatic rings. The van der Waals surface area contributed by atoms with Crippen molar-refractivity contribution in [3.8, 4) is 0 Å². The van der Waals surface area contributed by atoms with Crippen LogP contribution in [0.3, 0.4) is 0 Å². The number of carbonyl (C=O) groups is 1. The molecular weight excluding hydrogens is 243 g/mol. The molecule has 0 bridgehead atoms. The highest BCUT2D eigenvalue weighted by Crippen LogP contribution is 2.00. The third-order valence-electron chi connectivity index (χ3n) is 2.38. The van der Waals surface area contributed by atoms with Crippen molar-refractivity contribution in [3.05, 3.63) is 42.5 Å².